The standard InChI is InChI=1S/C11H22N2O2.ClH/c1-7(2)10(12)11(14)13-9-4-5-15-8(3)6-9;/h7-10H,4-6,12H2,1-3H3,(H,13,14);1H/t8?,9?,10-;/m1./s1. The average Bonchev–Trinajstić information content (AvgIpc) is 2.16. The Hall–Kier alpha value is -0.320. The van der Waals surface area contributed by atoms with Crippen molar-refractivity contribution in [3.05, 3.63) is 0 Å². The van der Waals surface area contributed by atoms with E-state index < -0.39 is 6.04 Å². The molecule has 1 amide bonds. The van der Waals surface area contributed by atoms with E-state index in [1.165, 1.54) is 0 Å². The van der Waals surface area contributed by atoms with Gasteiger partial charge in [-0.3, -0.25) is 4.79 Å². The predicted molar refractivity (Wildman–Crippen MR) is 66.6 cm³/mol. The van der Waals surface area contributed by atoms with Crippen molar-refractivity contribution in [2.45, 2.75) is 51.8 Å². The Bertz CT molecular complexity index is 224. The van der Waals surface area contributed by atoms with Gasteiger partial charge in [0.05, 0.1) is 12.1 Å². The highest BCUT2D eigenvalue weighted by atomic mass is 35.5. The minimum absolute atomic E-state index is 0. The number of ether oxygens (including phenoxy) is 1. The molecule has 0 aromatic rings. The van der Waals surface area contributed by atoms with Crippen LogP contribution in [0.2, 0.25) is 0 Å². The van der Waals surface area contributed by atoms with Gasteiger partial charge in [-0.05, 0) is 25.7 Å². The molecule has 1 aliphatic rings. The van der Waals surface area contributed by atoms with E-state index in [0.717, 1.165) is 19.4 Å². The van der Waals surface area contributed by atoms with Crippen LogP contribution in [0, 0.1) is 5.92 Å². The Kier molecular flexibility index (Phi) is 6.95. The Morgan fingerprint density at radius 1 is 1.50 bits per heavy atom. The lowest BCUT2D eigenvalue weighted by Gasteiger charge is -2.29. The van der Waals surface area contributed by atoms with Crippen molar-refractivity contribution in [1.29, 1.82) is 0 Å². The summed E-state index contributed by atoms with van der Waals surface area (Å²) >= 11 is 0. The molecule has 0 aromatic carbocycles. The molecule has 96 valence electrons. The van der Waals surface area contributed by atoms with E-state index in [1.54, 1.807) is 0 Å². The van der Waals surface area contributed by atoms with Crippen LogP contribution in [-0.4, -0.2) is 30.7 Å². The highest BCUT2D eigenvalue weighted by molar-refractivity contribution is 5.85. The summed E-state index contributed by atoms with van der Waals surface area (Å²) in [5, 5.41) is 2.99. The van der Waals surface area contributed by atoms with Crippen LogP contribution in [0.3, 0.4) is 0 Å². The summed E-state index contributed by atoms with van der Waals surface area (Å²) in [7, 11) is 0. The van der Waals surface area contributed by atoms with Gasteiger partial charge in [0.1, 0.15) is 0 Å². The first-order valence-corrected chi connectivity index (χ1v) is 5.68. The van der Waals surface area contributed by atoms with Gasteiger partial charge in [-0.1, -0.05) is 13.8 Å². The maximum Gasteiger partial charge on any atom is 0.237 e. The monoisotopic (exact) mass is 250 g/mol. The Labute approximate surface area is 104 Å². The predicted octanol–water partition coefficient (Wildman–Crippen LogP) is 1.08. The first-order valence-electron chi connectivity index (χ1n) is 5.68. The fourth-order valence-corrected chi connectivity index (χ4v) is 1.73. The molecule has 0 aromatic heterocycles. The van der Waals surface area contributed by atoms with Crippen LogP contribution in [0.15, 0.2) is 0 Å². The fraction of sp³-hybridized carbons (Fsp3) is 0.909. The second-order valence-corrected chi connectivity index (χ2v) is 4.68. The maximum atomic E-state index is 11.7. The summed E-state index contributed by atoms with van der Waals surface area (Å²) in [6.45, 7) is 6.66. The number of rotatable bonds is 3. The number of hydrogen-bond acceptors (Lipinski definition) is 3. The van der Waals surface area contributed by atoms with Gasteiger partial charge in [-0.25, -0.2) is 0 Å². The molecule has 3 atom stereocenters. The number of carbonyl (C=O) groups is 1. The number of nitrogens with two attached hydrogens (primary N) is 1. The quantitative estimate of drug-likeness (QED) is 0.788. The third-order valence-corrected chi connectivity index (χ3v) is 2.85. The molecule has 1 aliphatic heterocycles. The van der Waals surface area contributed by atoms with E-state index >= 15 is 0 Å². The summed E-state index contributed by atoms with van der Waals surface area (Å²) in [4.78, 5) is 11.7. The van der Waals surface area contributed by atoms with Gasteiger partial charge in [0.15, 0.2) is 0 Å². The molecule has 0 saturated carbocycles. The van der Waals surface area contributed by atoms with Crippen LogP contribution in [-0.2, 0) is 9.53 Å². The van der Waals surface area contributed by atoms with E-state index in [0.29, 0.717) is 0 Å². The fourth-order valence-electron chi connectivity index (χ4n) is 1.73. The highest BCUT2D eigenvalue weighted by Crippen LogP contribution is 2.13. The van der Waals surface area contributed by atoms with Gasteiger partial charge in [0, 0.05) is 12.6 Å². The van der Waals surface area contributed by atoms with E-state index in [-0.39, 0.29) is 36.4 Å². The second-order valence-electron chi connectivity index (χ2n) is 4.68. The molecule has 4 nitrogen and oxygen atoms in total. The van der Waals surface area contributed by atoms with Crippen LogP contribution < -0.4 is 11.1 Å². The Morgan fingerprint density at radius 3 is 2.62 bits per heavy atom. The van der Waals surface area contributed by atoms with Crippen LogP contribution in [0.25, 0.3) is 0 Å². The SMILES string of the molecule is CC1CC(NC(=O)[C@H](N)C(C)C)CCO1.Cl. The summed E-state index contributed by atoms with van der Waals surface area (Å²) in [6.07, 6.45) is 2.01. The average molecular weight is 251 g/mol. The molecule has 16 heavy (non-hydrogen) atoms. The summed E-state index contributed by atoms with van der Waals surface area (Å²) in [5.74, 6) is 0.145. The largest absolute Gasteiger partial charge is 0.378 e. The second kappa shape index (κ2) is 7.09. The van der Waals surface area contributed by atoms with Crippen LogP contribution in [0.4, 0.5) is 0 Å². The third kappa shape index (κ3) is 4.68. The molecule has 1 saturated heterocycles. The maximum absolute atomic E-state index is 11.7. The smallest absolute Gasteiger partial charge is 0.237 e. The van der Waals surface area contributed by atoms with Gasteiger partial charge < -0.3 is 15.8 Å². The van der Waals surface area contributed by atoms with Crippen molar-refractivity contribution < 1.29 is 9.53 Å². The van der Waals surface area contributed by atoms with E-state index in [2.05, 4.69) is 5.32 Å². The van der Waals surface area contributed by atoms with Gasteiger partial charge >= 0.3 is 0 Å². The summed E-state index contributed by atoms with van der Waals surface area (Å²) in [6, 6.07) is -0.172. The van der Waals surface area contributed by atoms with Gasteiger partial charge in [0.2, 0.25) is 5.91 Å². The molecule has 0 radical (unpaired) electrons. The molecular formula is C11H23ClN2O2. The summed E-state index contributed by atoms with van der Waals surface area (Å²) in [5.41, 5.74) is 5.77. The molecular weight excluding hydrogens is 228 g/mol. The van der Waals surface area contributed by atoms with Crippen molar-refractivity contribution in [3.8, 4) is 0 Å². The summed E-state index contributed by atoms with van der Waals surface area (Å²) < 4.78 is 5.41. The minimum Gasteiger partial charge on any atom is -0.378 e. The highest BCUT2D eigenvalue weighted by Gasteiger charge is 2.24. The lowest BCUT2D eigenvalue weighted by Crippen LogP contribution is -2.50. The number of nitrogens with one attached hydrogen (secondary N) is 1. The zero-order valence-corrected chi connectivity index (χ0v) is 11.0. The zero-order valence-electron chi connectivity index (χ0n) is 10.2. The molecule has 3 N–H and O–H groups in total. The minimum atomic E-state index is -0.400. The van der Waals surface area contributed by atoms with Crippen LogP contribution in [0.5, 0.6) is 0 Å². The molecule has 1 heterocycles. The topological polar surface area (TPSA) is 64.4 Å². The molecule has 0 spiro atoms. The van der Waals surface area contributed by atoms with Crippen molar-refractivity contribution in [1.82, 2.24) is 5.32 Å². The molecule has 5 heteroatoms. The van der Waals surface area contributed by atoms with E-state index in [1.807, 2.05) is 20.8 Å². The van der Waals surface area contributed by atoms with Gasteiger partial charge in [0.25, 0.3) is 0 Å². The van der Waals surface area contributed by atoms with Gasteiger partial charge in [-0.15, -0.1) is 12.4 Å². The van der Waals surface area contributed by atoms with Gasteiger partial charge in [-0.2, -0.15) is 0 Å². The van der Waals surface area contributed by atoms with Crippen LogP contribution >= 0.6 is 12.4 Å². The lowest BCUT2D eigenvalue weighted by atomic mass is 10.0. The Balaban J connectivity index is 0.00000225. The normalized spacial score (nSPS) is 27.1. The van der Waals surface area contributed by atoms with Crippen molar-refractivity contribution in [2.24, 2.45) is 11.7 Å². The van der Waals surface area contributed by atoms with Crippen molar-refractivity contribution in [2.75, 3.05) is 6.61 Å². The number of carbonyl (C=O) groups excluding carboxylic acids is 1. The van der Waals surface area contributed by atoms with E-state index in [4.69, 9.17) is 10.5 Å². The lowest BCUT2D eigenvalue weighted by molar-refractivity contribution is -0.124. The van der Waals surface area contributed by atoms with E-state index in [9.17, 15) is 4.79 Å². The van der Waals surface area contributed by atoms with Crippen molar-refractivity contribution >= 4 is 18.3 Å². The molecule has 1 fully saturated rings. The number of hydrogen-bond donors (Lipinski definition) is 2. The number of amides is 1. The molecule has 2 unspecified atom stereocenters. The third-order valence-electron chi connectivity index (χ3n) is 2.85. The number of halogens is 1. The first-order chi connectivity index (χ1) is 7.00. The molecule has 1 rings (SSSR count). The molecule has 0 bridgehead atoms. The first kappa shape index (κ1) is 15.7. The van der Waals surface area contributed by atoms with Crippen LogP contribution in [0.1, 0.15) is 33.6 Å². The zero-order chi connectivity index (χ0) is 11.4. The Morgan fingerprint density at radius 2 is 2.12 bits per heavy atom. The van der Waals surface area contributed by atoms with Crippen molar-refractivity contribution in [3.63, 3.8) is 0 Å². The molecule has 0 aliphatic carbocycles.